The number of fused-ring (bicyclic) bond motifs is 1. The van der Waals surface area contributed by atoms with Gasteiger partial charge in [-0.2, -0.15) is 0 Å². The van der Waals surface area contributed by atoms with Crippen molar-refractivity contribution in [3.8, 4) is 0 Å². The van der Waals surface area contributed by atoms with Crippen LogP contribution in [0.3, 0.4) is 0 Å². The van der Waals surface area contributed by atoms with Gasteiger partial charge >= 0.3 is 6.03 Å². The van der Waals surface area contributed by atoms with Gasteiger partial charge < -0.3 is 15.2 Å². The summed E-state index contributed by atoms with van der Waals surface area (Å²) in [7, 11) is 0. The Morgan fingerprint density at radius 2 is 2.27 bits per heavy atom. The molecule has 1 aromatic heterocycles. The zero-order valence-corrected chi connectivity index (χ0v) is 13.8. The van der Waals surface area contributed by atoms with Crippen molar-refractivity contribution in [2.75, 3.05) is 6.54 Å². The standard InChI is InChI=1S/C17H22ClN3O/c1-3-12-9-16-13(8-15(12)18)7-14(20-16)10-19-17(22)21-6-4-5-11(21)2/h7-9,11,20H,3-6,10H2,1-2H3,(H,19,22). The van der Waals surface area contributed by atoms with E-state index in [-0.39, 0.29) is 6.03 Å². The number of halogens is 1. The van der Waals surface area contributed by atoms with Crippen LogP contribution >= 0.6 is 11.6 Å². The second-order valence-electron chi connectivity index (χ2n) is 6.02. The van der Waals surface area contributed by atoms with Crippen molar-refractivity contribution in [1.82, 2.24) is 15.2 Å². The lowest BCUT2D eigenvalue weighted by Gasteiger charge is -2.21. The van der Waals surface area contributed by atoms with Crippen molar-refractivity contribution < 1.29 is 4.79 Å². The van der Waals surface area contributed by atoms with Crippen LogP contribution < -0.4 is 5.32 Å². The second-order valence-corrected chi connectivity index (χ2v) is 6.43. The average Bonchev–Trinajstić information content (AvgIpc) is 3.09. The van der Waals surface area contributed by atoms with Gasteiger partial charge in [0.2, 0.25) is 0 Å². The van der Waals surface area contributed by atoms with E-state index in [1.165, 1.54) is 0 Å². The van der Waals surface area contributed by atoms with Crippen molar-refractivity contribution >= 4 is 28.5 Å². The number of hydrogen-bond acceptors (Lipinski definition) is 1. The van der Waals surface area contributed by atoms with Crippen LogP contribution in [0.25, 0.3) is 10.9 Å². The number of urea groups is 1. The van der Waals surface area contributed by atoms with E-state index in [0.29, 0.717) is 12.6 Å². The number of aromatic amines is 1. The lowest BCUT2D eigenvalue weighted by molar-refractivity contribution is 0.195. The number of aromatic nitrogens is 1. The van der Waals surface area contributed by atoms with Gasteiger partial charge in [0.25, 0.3) is 0 Å². The molecule has 0 spiro atoms. The molecule has 2 N–H and O–H groups in total. The number of amides is 2. The Morgan fingerprint density at radius 1 is 1.45 bits per heavy atom. The number of aryl methyl sites for hydroxylation is 1. The molecule has 2 amide bonds. The second kappa shape index (κ2) is 6.21. The molecule has 118 valence electrons. The predicted molar refractivity (Wildman–Crippen MR) is 90.3 cm³/mol. The van der Waals surface area contributed by atoms with Gasteiger partial charge in [-0.25, -0.2) is 4.79 Å². The number of benzene rings is 1. The van der Waals surface area contributed by atoms with Gasteiger partial charge in [-0.3, -0.25) is 0 Å². The third kappa shape index (κ3) is 2.93. The van der Waals surface area contributed by atoms with Crippen LogP contribution in [0.1, 0.15) is 37.9 Å². The Kier molecular flexibility index (Phi) is 4.30. The van der Waals surface area contributed by atoms with E-state index in [1.807, 2.05) is 17.0 Å². The van der Waals surface area contributed by atoms with Gasteiger partial charge in [-0.1, -0.05) is 18.5 Å². The molecule has 1 saturated heterocycles. The molecule has 1 fully saturated rings. The van der Waals surface area contributed by atoms with Gasteiger partial charge in [0, 0.05) is 34.2 Å². The van der Waals surface area contributed by atoms with Gasteiger partial charge in [0.1, 0.15) is 0 Å². The van der Waals surface area contributed by atoms with Crippen molar-refractivity contribution in [2.45, 2.75) is 45.7 Å². The van der Waals surface area contributed by atoms with E-state index in [0.717, 1.165) is 53.0 Å². The number of carbonyl (C=O) groups excluding carboxylic acids is 1. The summed E-state index contributed by atoms with van der Waals surface area (Å²) in [5.41, 5.74) is 3.21. The lowest BCUT2D eigenvalue weighted by atomic mass is 10.1. The molecular formula is C17H22ClN3O. The highest BCUT2D eigenvalue weighted by Crippen LogP contribution is 2.25. The van der Waals surface area contributed by atoms with Crippen molar-refractivity contribution in [3.63, 3.8) is 0 Å². The summed E-state index contributed by atoms with van der Waals surface area (Å²) in [5, 5.41) is 4.88. The monoisotopic (exact) mass is 319 g/mol. The molecule has 3 rings (SSSR count). The SMILES string of the molecule is CCc1cc2[nH]c(CNC(=O)N3CCCC3C)cc2cc1Cl. The maximum Gasteiger partial charge on any atom is 0.317 e. The molecule has 22 heavy (non-hydrogen) atoms. The lowest BCUT2D eigenvalue weighted by Crippen LogP contribution is -2.41. The quantitative estimate of drug-likeness (QED) is 0.880. The largest absolute Gasteiger partial charge is 0.357 e. The van der Waals surface area contributed by atoms with E-state index >= 15 is 0 Å². The smallest absolute Gasteiger partial charge is 0.317 e. The molecule has 1 aliphatic heterocycles. The van der Waals surface area contributed by atoms with Gasteiger partial charge in [0.05, 0.1) is 6.54 Å². The van der Waals surface area contributed by atoms with E-state index < -0.39 is 0 Å². The normalized spacial score (nSPS) is 18.1. The van der Waals surface area contributed by atoms with Crippen LogP contribution in [0.2, 0.25) is 5.02 Å². The molecule has 2 heterocycles. The number of nitrogens with zero attached hydrogens (tertiary/aromatic N) is 1. The molecule has 5 heteroatoms. The van der Waals surface area contributed by atoms with Crippen LogP contribution in [0.5, 0.6) is 0 Å². The molecule has 1 unspecified atom stereocenters. The van der Waals surface area contributed by atoms with Crippen molar-refractivity contribution in [3.05, 3.63) is 34.5 Å². The van der Waals surface area contributed by atoms with Crippen LogP contribution in [0, 0.1) is 0 Å². The maximum atomic E-state index is 12.2. The molecule has 1 atom stereocenters. The fraction of sp³-hybridized carbons (Fsp3) is 0.471. The average molecular weight is 320 g/mol. The number of H-pyrrole nitrogens is 1. The summed E-state index contributed by atoms with van der Waals surface area (Å²) in [6.07, 6.45) is 3.10. The fourth-order valence-electron chi connectivity index (χ4n) is 3.13. The van der Waals surface area contributed by atoms with Gasteiger partial charge in [-0.15, -0.1) is 0 Å². The van der Waals surface area contributed by atoms with Crippen LogP contribution in [-0.4, -0.2) is 28.5 Å². The molecule has 0 saturated carbocycles. The molecule has 4 nitrogen and oxygen atoms in total. The summed E-state index contributed by atoms with van der Waals surface area (Å²) in [5.74, 6) is 0. The predicted octanol–water partition coefficient (Wildman–Crippen LogP) is 4.08. The summed E-state index contributed by atoms with van der Waals surface area (Å²) < 4.78 is 0. The number of likely N-dealkylation sites (tertiary alicyclic amines) is 1. The van der Waals surface area contributed by atoms with Gasteiger partial charge in [0.15, 0.2) is 0 Å². The van der Waals surface area contributed by atoms with Gasteiger partial charge in [-0.05, 0) is 49.9 Å². The zero-order valence-electron chi connectivity index (χ0n) is 13.1. The summed E-state index contributed by atoms with van der Waals surface area (Å²) in [6, 6.07) is 6.49. The van der Waals surface area contributed by atoms with E-state index in [4.69, 9.17) is 11.6 Å². The van der Waals surface area contributed by atoms with E-state index in [1.54, 1.807) is 0 Å². The van der Waals surface area contributed by atoms with E-state index in [2.05, 4.69) is 30.2 Å². The Balaban J connectivity index is 1.70. The highest BCUT2D eigenvalue weighted by atomic mass is 35.5. The molecule has 0 aliphatic carbocycles. The molecule has 1 aliphatic rings. The maximum absolute atomic E-state index is 12.2. The first-order chi connectivity index (χ1) is 10.6. The van der Waals surface area contributed by atoms with Crippen LogP contribution in [0.15, 0.2) is 18.2 Å². The Morgan fingerprint density at radius 3 is 2.95 bits per heavy atom. The summed E-state index contributed by atoms with van der Waals surface area (Å²) in [6.45, 7) is 5.56. The number of rotatable bonds is 3. The fourth-order valence-corrected chi connectivity index (χ4v) is 3.44. The van der Waals surface area contributed by atoms with Crippen molar-refractivity contribution in [2.24, 2.45) is 0 Å². The zero-order chi connectivity index (χ0) is 15.7. The summed E-state index contributed by atoms with van der Waals surface area (Å²) in [4.78, 5) is 17.5. The first-order valence-electron chi connectivity index (χ1n) is 7.93. The number of nitrogens with one attached hydrogen (secondary N) is 2. The number of hydrogen-bond donors (Lipinski definition) is 2. The number of carbonyl (C=O) groups is 1. The Bertz CT molecular complexity index is 695. The molecule has 0 radical (unpaired) electrons. The minimum absolute atomic E-state index is 0.0240. The summed E-state index contributed by atoms with van der Waals surface area (Å²) >= 11 is 6.25. The highest BCUT2D eigenvalue weighted by Gasteiger charge is 2.24. The Hall–Kier alpha value is -1.68. The van der Waals surface area contributed by atoms with Crippen LogP contribution in [0.4, 0.5) is 4.79 Å². The highest BCUT2D eigenvalue weighted by molar-refractivity contribution is 6.32. The Labute approximate surface area is 135 Å². The minimum atomic E-state index is 0.0240. The van der Waals surface area contributed by atoms with Crippen molar-refractivity contribution in [1.29, 1.82) is 0 Å². The molecule has 1 aromatic carbocycles. The molecule has 2 aromatic rings. The topological polar surface area (TPSA) is 48.1 Å². The third-order valence-corrected chi connectivity index (χ3v) is 4.82. The first kappa shape index (κ1) is 15.2. The molecular weight excluding hydrogens is 298 g/mol. The molecule has 0 bridgehead atoms. The minimum Gasteiger partial charge on any atom is -0.357 e. The van der Waals surface area contributed by atoms with Crippen LogP contribution in [-0.2, 0) is 13.0 Å². The third-order valence-electron chi connectivity index (χ3n) is 4.47. The first-order valence-corrected chi connectivity index (χ1v) is 8.30. The van der Waals surface area contributed by atoms with E-state index in [9.17, 15) is 4.79 Å².